The van der Waals surface area contributed by atoms with Gasteiger partial charge in [0, 0.05) is 16.2 Å². The summed E-state index contributed by atoms with van der Waals surface area (Å²) in [4.78, 5) is 0. The quantitative estimate of drug-likeness (QED) is 0.716. The summed E-state index contributed by atoms with van der Waals surface area (Å²) in [6.07, 6.45) is 3.89. The smallest absolute Gasteiger partial charge is 0.119 e. The molecule has 3 nitrogen and oxygen atoms in total. The normalized spacial score (nSPS) is 10.5. The first-order valence-corrected chi connectivity index (χ1v) is 7.00. The first kappa shape index (κ1) is 12.9. The van der Waals surface area contributed by atoms with E-state index in [1.54, 1.807) is 7.11 Å². The van der Waals surface area contributed by atoms with Gasteiger partial charge in [0.2, 0.25) is 0 Å². The number of aromatic nitrogens is 2. The predicted molar refractivity (Wildman–Crippen MR) is 83.3 cm³/mol. The number of hydrogen-bond acceptors (Lipinski definition) is 2. The Morgan fingerprint density at radius 3 is 2.30 bits per heavy atom. The molecule has 0 spiro atoms. The van der Waals surface area contributed by atoms with Crippen LogP contribution in [0.3, 0.4) is 0 Å². The Morgan fingerprint density at radius 1 is 0.950 bits per heavy atom. The van der Waals surface area contributed by atoms with E-state index in [0.717, 1.165) is 27.0 Å². The molecule has 0 N–H and O–H groups in total. The van der Waals surface area contributed by atoms with Gasteiger partial charge in [-0.25, -0.2) is 4.68 Å². The zero-order chi connectivity index (χ0) is 13.9. The maximum Gasteiger partial charge on any atom is 0.119 e. The molecular formula is C16H13BrN2O. The van der Waals surface area contributed by atoms with Gasteiger partial charge in [-0.15, -0.1) is 0 Å². The fourth-order valence-corrected chi connectivity index (χ4v) is 2.25. The van der Waals surface area contributed by atoms with Crippen molar-refractivity contribution in [1.29, 1.82) is 0 Å². The SMILES string of the molecule is COc1ccc(-n2cc(-c3ccc(Br)cc3)cn2)cc1. The molecule has 0 saturated carbocycles. The average molecular weight is 329 g/mol. The molecule has 1 aromatic heterocycles. The van der Waals surface area contributed by atoms with Crippen LogP contribution >= 0.6 is 15.9 Å². The Morgan fingerprint density at radius 2 is 1.65 bits per heavy atom. The van der Waals surface area contributed by atoms with Crippen molar-refractivity contribution in [3.8, 4) is 22.6 Å². The Kier molecular flexibility index (Phi) is 3.56. The minimum absolute atomic E-state index is 0.842. The van der Waals surface area contributed by atoms with Crippen LogP contribution in [0.25, 0.3) is 16.8 Å². The van der Waals surface area contributed by atoms with Gasteiger partial charge < -0.3 is 4.74 Å². The highest BCUT2D eigenvalue weighted by atomic mass is 79.9. The van der Waals surface area contributed by atoms with Crippen molar-refractivity contribution in [2.24, 2.45) is 0 Å². The van der Waals surface area contributed by atoms with E-state index in [2.05, 4.69) is 33.2 Å². The maximum absolute atomic E-state index is 5.16. The molecule has 20 heavy (non-hydrogen) atoms. The summed E-state index contributed by atoms with van der Waals surface area (Å²) in [5.41, 5.74) is 3.25. The lowest BCUT2D eigenvalue weighted by atomic mass is 10.1. The van der Waals surface area contributed by atoms with Crippen LogP contribution in [0.4, 0.5) is 0 Å². The van der Waals surface area contributed by atoms with Crippen LogP contribution in [-0.4, -0.2) is 16.9 Å². The zero-order valence-electron chi connectivity index (χ0n) is 11.0. The van der Waals surface area contributed by atoms with Crippen molar-refractivity contribution < 1.29 is 4.74 Å². The molecule has 1 heterocycles. The summed E-state index contributed by atoms with van der Waals surface area (Å²) >= 11 is 3.44. The molecule has 0 aliphatic carbocycles. The molecule has 0 amide bonds. The molecule has 0 bridgehead atoms. The number of nitrogens with zero attached hydrogens (tertiary/aromatic N) is 2. The van der Waals surface area contributed by atoms with Crippen LogP contribution in [0.1, 0.15) is 0 Å². The lowest BCUT2D eigenvalue weighted by molar-refractivity contribution is 0.414. The van der Waals surface area contributed by atoms with Gasteiger partial charge in [-0.05, 0) is 42.0 Å². The Hall–Kier alpha value is -2.07. The minimum atomic E-state index is 0.842. The van der Waals surface area contributed by atoms with Crippen LogP contribution in [0.15, 0.2) is 65.4 Å². The number of benzene rings is 2. The summed E-state index contributed by atoms with van der Waals surface area (Å²) < 4.78 is 8.09. The largest absolute Gasteiger partial charge is 0.497 e. The van der Waals surface area contributed by atoms with Crippen LogP contribution < -0.4 is 4.74 Å². The van der Waals surface area contributed by atoms with E-state index in [-0.39, 0.29) is 0 Å². The zero-order valence-corrected chi connectivity index (χ0v) is 12.5. The Bertz CT molecular complexity index is 702. The van der Waals surface area contributed by atoms with E-state index in [4.69, 9.17) is 4.74 Å². The van der Waals surface area contributed by atoms with Crippen LogP contribution in [0.2, 0.25) is 0 Å². The summed E-state index contributed by atoms with van der Waals surface area (Å²) in [5, 5.41) is 4.40. The van der Waals surface area contributed by atoms with Crippen molar-refractivity contribution in [2.75, 3.05) is 7.11 Å². The van der Waals surface area contributed by atoms with E-state index in [0.29, 0.717) is 0 Å². The number of rotatable bonds is 3. The molecule has 3 rings (SSSR count). The lowest BCUT2D eigenvalue weighted by Crippen LogP contribution is -1.93. The third-order valence-corrected chi connectivity index (χ3v) is 3.63. The lowest BCUT2D eigenvalue weighted by Gasteiger charge is -2.03. The molecule has 0 atom stereocenters. The van der Waals surface area contributed by atoms with Crippen molar-refractivity contribution in [2.45, 2.75) is 0 Å². The van der Waals surface area contributed by atoms with E-state index >= 15 is 0 Å². The molecule has 0 unspecified atom stereocenters. The molecular weight excluding hydrogens is 316 g/mol. The van der Waals surface area contributed by atoms with Gasteiger partial charge in [0.1, 0.15) is 5.75 Å². The first-order chi connectivity index (χ1) is 9.76. The molecule has 100 valence electrons. The molecule has 0 aliphatic rings. The Balaban J connectivity index is 1.91. The third kappa shape index (κ3) is 2.60. The molecule has 4 heteroatoms. The van der Waals surface area contributed by atoms with Gasteiger partial charge in [0.25, 0.3) is 0 Å². The molecule has 0 fully saturated rings. The fourth-order valence-electron chi connectivity index (χ4n) is 1.99. The van der Waals surface area contributed by atoms with Gasteiger partial charge in [-0.1, -0.05) is 28.1 Å². The van der Waals surface area contributed by atoms with Crippen LogP contribution in [-0.2, 0) is 0 Å². The standard InChI is InChI=1S/C16H13BrN2O/c1-20-16-8-6-15(7-9-16)19-11-13(10-18-19)12-2-4-14(17)5-3-12/h2-11H,1H3. The highest BCUT2D eigenvalue weighted by Crippen LogP contribution is 2.22. The third-order valence-electron chi connectivity index (χ3n) is 3.10. The average Bonchev–Trinajstić information content (AvgIpc) is 2.98. The van der Waals surface area contributed by atoms with Gasteiger partial charge >= 0.3 is 0 Å². The van der Waals surface area contributed by atoms with E-state index in [1.165, 1.54) is 0 Å². The number of halogens is 1. The fraction of sp³-hybridized carbons (Fsp3) is 0.0625. The van der Waals surface area contributed by atoms with E-state index < -0.39 is 0 Å². The molecule has 0 aliphatic heterocycles. The minimum Gasteiger partial charge on any atom is -0.497 e. The molecule has 2 aromatic carbocycles. The van der Waals surface area contributed by atoms with Crippen molar-refractivity contribution >= 4 is 15.9 Å². The second-order valence-electron chi connectivity index (χ2n) is 4.38. The Labute approximate surface area is 125 Å². The number of ether oxygens (including phenoxy) is 1. The summed E-state index contributed by atoms with van der Waals surface area (Å²) in [6, 6.07) is 16.0. The number of hydrogen-bond donors (Lipinski definition) is 0. The summed E-state index contributed by atoms with van der Waals surface area (Å²) in [6.45, 7) is 0. The second-order valence-corrected chi connectivity index (χ2v) is 5.29. The second kappa shape index (κ2) is 5.51. The van der Waals surface area contributed by atoms with Gasteiger partial charge in [0.15, 0.2) is 0 Å². The number of methoxy groups -OCH3 is 1. The predicted octanol–water partition coefficient (Wildman–Crippen LogP) is 4.31. The maximum atomic E-state index is 5.16. The summed E-state index contributed by atoms with van der Waals surface area (Å²) in [7, 11) is 1.66. The molecule has 3 aromatic rings. The highest BCUT2D eigenvalue weighted by Gasteiger charge is 2.03. The van der Waals surface area contributed by atoms with Crippen molar-refractivity contribution in [3.63, 3.8) is 0 Å². The van der Waals surface area contributed by atoms with Crippen LogP contribution in [0, 0.1) is 0 Å². The van der Waals surface area contributed by atoms with Crippen LogP contribution in [0.5, 0.6) is 5.75 Å². The van der Waals surface area contributed by atoms with E-state index in [9.17, 15) is 0 Å². The summed E-state index contributed by atoms with van der Waals surface area (Å²) in [5.74, 6) is 0.842. The van der Waals surface area contributed by atoms with Crippen molar-refractivity contribution in [1.82, 2.24) is 9.78 Å². The topological polar surface area (TPSA) is 27.1 Å². The van der Waals surface area contributed by atoms with Crippen molar-refractivity contribution in [3.05, 3.63) is 65.4 Å². The molecule has 0 saturated heterocycles. The highest BCUT2D eigenvalue weighted by molar-refractivity contribution is 9.10. The van der Waals surface area contributed by atoms with Gasteiger partial charge in [-0.2, -0.15) is 5.10 Å². The first-order valence-electron chi connectivity index (χ1n) is 6.21. The van der Waals surface area contributed by atoms with E-state index in [1.807, 2.05) is 53.5 Å². The van der Waals surface area contributed by atoms with Gasteiger partial charge in [-0.3, -0.25) is 0 Å². The molecule has 0 radical (unpaired) electrons. The van der Waals surface area contributed by atoms with Gasteiger partial charge in [0.05, 0.1) is 19.0 Å². The monoisotopic (exact) mass is 328 g/mol.